The van der Waals surface area contributed by atoms with Gasteiger partial charge in [-0.25, -0.2) is 9.59 Å². The van der Waals surface area contributed by atoms with Gasteiger partial charge < -0.3 is 23.7 Å². The van der Waals surface area contributed by atoms with Crippen LogP contribution in [0.15, 0.2) is 23.3 Å². The van der Waals surface area contributed by atoms with Gasteiger partial charge in [0.15, 0.2) is 0 Å². The summed E-state index contributed by atoms with van der Waals surface area (Å²) >= 11 is 0. The number of esters is 5. The summed E-state index contributed by atoms with van der Waals surface area (Å²) in [4.78, 5) is 68.0. The molecule has 0 bridgehead atoms. The van der Waals surface area contributed by atoms with Crippen molar-refractivity contribution in [3.63, 3.8) is 0 Å². The maximum absolute atomic E-state index is 13.8. The fourth-order valence-electron chi connectivity index (χ4n) is 6.09. The monoisotopic (exact) mass is 765 g/mol. The Labute approximate surface area is 327 Å². The maximum atomic E-state index is 13.8. The van der Waals surface area contributed by atoms with Gasteiger partial charge in [-0.2, -0.15) is 0 Å². The van der Waals surface area contributed by atoms with Gasteiger partial charge in [0.1, 0.15) is 22.4 Å². The molecule has 54 heavy (non-hydrogen) atoms. The summed E-state index contributed by atoms with van der Waals surface area (Å²) in [7, 11) is 0. The van der Waals surface area contributed by atoms with Crippen molar-refractivity contribution in [1.82, 2.24) is 0 Å². The zero-order chi connectivity index (χ0) is 42.6. The van der Waals surface area contributed by atoms with Crippen LogP contribution in [0.1, 0.15) is 164 Å². The van der Waals surface area contributed by atoms with Crippen LogP contribution in [-0.4, -0.2) is 58.4 Å². The van der Waals surface area contributed by atoms with Gasteiger partial charge in [0.2, 0.25) is 12.0 Å². The topological polar surface area (TPSA) is 132 Å². The summed E-state index contributed by atoms with van der Waals surface area (Å²) in [6.45, 7) is 34.4. The van der Waals surface area contributed by atoms with Gasteiger partial charge >= 0.3 is 29.8 Å². The summed E-state index contributed by atoms with van der Waals surface area (Å²) in [5.74, 6) is -5.76. The first-order chi connectivity index (χ1) is 24.2. The summed E-state index contributed by atoms with van der Waals surface area (Å²) in [5.41, 5.74) is -2.89. The van der Waals surface area contributed by atoms with E-state index in [1.807, 2.05) is 6.92 Å². The molecule has 6 atom stereocenters. The molecular weight excluding hydrogens is 688 g/mol. The summed E-state index contributed by atoms with van der Waals surface area (Å²) in [5, 5.41) is 0. The molecule has 0 saturated carbocycles. The minimum atomic E-state index is -2.03. The second-order valence-electron chi connectivity index (χ2n) is 19.5. The van der Waals surface area contributed by atoms with Gasteiger partial charge in [0, 0.05) is 5.57 Å². The van der Waals surface area contributed by atoms with E-state index in [2.05, 4.69) is 40.7 Å². The Morgan fingerprint density at radius 2 is 0.963 bits per heavy atom. The maximum Gasteiger partial charge on any atom is 0.349 e. The van der Waals surface area contributed by atoms with Crippen LogP contribution in [0, 0.1) is 35.5 Å². The first-order valence-electron chi connectivity index (χ1n) is 19.7. The third-order valence-electron chi connectivity index (χ3n) is 8.13. The highest BCUT2D eigenvalue weighted by Gasteiger charge is 2.49. The predicted octanol–water partition coefficient (Wildman–Crippen LogP) is 9.90. The Hall–Kier alpha value is -3.17. The van der Waals surface area contributed by atoms with Crippen molar-refractivity contribution in [2.24, 2.45) is 35.5 Å². The molecule has 0 N–H and O–H groups in total. The van der Waals surface area contributed by atoms with E-state index in [1.165, 1.54) is 19.8 Å². The Bertz CT molecular complexity index is 1280. The molecule has 312 valence electrons. The lowest BCUT2D eigenvalue weighted by Crippen LogP contribution is -2.49. The minimum Gasteiger partial charge on any atom is -0.459 e. The van der Waals surface area contributed by atoms with Crippen LogP contribution in [-0.2, 0) is 47.7 Å². The fraction of sp³-hybridized carbons (Fsp3) is 0.795. The van der Waals surface area contributed by atoms with Crippen LogP contribution in [0.3, 0.4) is 0 Å². The summed E-state index contributed by atoms with van der Waals surface area (Å²) in [6, 6.07) is 0. The lowest BCUT2D eigenvalue weighted by Gasteiger charge is -2.31. The second-order valence-corrected chi connectivity index (χ2v) is 19.5. The average molecular weight is 765 g/mol. The van der Waals surface area contributed by atoms with Crippen LogP contribution in [0.4, 0.5) is 0 Å². The van der Waals surface area contributed by atoms with Gasteiger partial charge in [-0.05, 0) is 145 Å². The Kier molecular flexibility index (Phi) is 20.0. The van der Waals surface area contributed by atoms with Crippen molar-refractivity contribution in [3.05, 3.63) is 23.3 Å². The molecule has 0 aliphatic rings. The van der Waals surface area contributed by atoms with E-state index in [1.54, 1.807) is 89.2 Å². The molecule has 0 fully saturated rings. The molecule has 0 heterocycles. The number of hydrogen-bond acceptors (Lipinski definition) is 10. The molecule has 0 saturated heterocycles. The van der Waals surface area contributed by atoms with Crippen molar-refractivity contribution in [2.75, 3.05) is 0 Å². The second kappa shape index (κ2) is 21.2. The fourth-order valence-corrected chi connectivity index (χ4v) is 6.09. The van der Waals surface area contributed by atoms with Crippen LogP contribution < -0.4 is 0 Å². The molecule has 0 aliphatic carbocycles. The molecule has 0 radical (unpaired) electrons. The number of carbonyl (C=O) groups excluding carboxylic acids is 5. The zero-order valence-corrected chi connectivity index (χ0v) is 37.3. The predicted molar refractivity (Wildman–Crippen MR) is 213 cm³/mol. The van der Waals surface area contributed by atoms with Crippen molar-refractivity contribution < 1.29 is 47.7 Å². The highest BCUT2D eigenvalue weighted by Crippen LogP contribution is 2.28. The third-order valence-corrected chi connectivity index (χ3v) is 8.13. The molecule has 0 aromatic heterocycles. The quantitative estimate of drug-likeness (QED) is 0.0437. The lowest BCUT2D eigenvalue weighted by molar-refractivity contribution is -0.196. The van der Waals surface area contributed by atoms with Gasteiger partial charge in [-0.3, -0.25) is 14.4 Å². The van der Waals surface area contributed by atoms with Gasteiger partial charge in [0.05, 0.1) is 5.92 Å². The third kappa shape index (κ3) is 22.3. The number of ether oxygens (including phenoxy) is 5. The molecule has 0 amide bonds. The van der Waals surface area contributed by atoms with Gasteiger partial charge in [0.25, 0.3) is 0 Å². The van der Waals surface area contributed by atoms with Crippen LogP contribution in [0.5, 0.6) is 0 Å². The Balaban J connectivity index is 6.66. The van der Waals surface area contributed by atoms with E-state index in [-0.39, 0.29) is 17.9 Å². The van der Waals surface area contributed by atoms with E-state index in [0.29, 0.717) is 17.8 Å². The Morgan fingerprint density at radius 3 is 1.39 bits per heavy atom. The van der Waals surface area contributed by atoms with E-state index >= 15 is 0 Å². The first kappa shape index (κ1) is 50.8. The van der Waals surface area contributed by atoms with E-state index < -0.39 is 70.2 Å². The van der Waals surface area contributed by atoms with Gasteiger partial charge in [-0.15, -0.1) is 0 Å². The molecule has 0 aromatic carbocycles. The smallest absolute Gasteiger partial charge is 0.349 e. The lowest BCUT2D eigenvalue weighted by atomic mass is 9.84. The molecule has 0 aromatic rings. The van der Waals surface area contributed by atoms with Crippen LogP contribution in [0.2, 0.25) is 0 Å². The van der Waals surface area contributed by atoms with E-state index in [0.717, 1.165) is 18.4 Å². The largest absolute Gasteiger partial charge is 0.459 e. The van der Waals surface area contributed by atoms with Crippen LogP contribution >= 0.6 is 0 Å². The highest BCUT2D eigenvalue weighted by atomic mass is 16.6. The van der Waals surface area contributed by atoms with Crippen LogP contribution in [0.25, 0.3) is 0 Å². The van der Waals surface area contributed by atoms with Gasteiger partial charge in [-0.1, -0.05) is 59.6 Å². The molecule has 0 spiro atoms. The first-order valence-corrected chi connectivity index (χ1v) is 19.7. The standard InChI is InChI=1S/C44H76O10/c1-20-27(2)21-28(3)22-29(4)23-30(5)24-31(6)25-33(37(46)51-41(8,9)10)26-32(7)36(45)50-35(40(49)54-44(17,18)19)34(38(47)52-42(11,12)13)39(48)53-43(14,15)16/h24-25,27-30,32,34-35H,20-23,26H2,1-19H3/b31-24+,33-25-. The number of hydrogen-bond donors (Lipinski definition) is 0. The molecular formula is C44H76O10. The van der Waals surface area contributed by atoms with Crippen molar-refractivity contribution >= 4 is 29.8 Å². The zero-order valence-electron chi connectivity index (χ0n) is 37.3. The Morgan fingerprint density at radius 1 is 0.556 bits per heavy atom. The molecule has 10 nitrogen and oxygen atoms in total. The molecule has 0 aliphatic heterocycles. The van der Waals surface area contributed by atoms with E-state index in [4.69, 9.17) is 23.7 Å². The number of allylic oxidation sites excluding steroid dienone is 3. The highest BCUT2D eigenvalue weighted by molar-refractivity contribution is 6.01. The minimum absolute atomic E-state index is 0.110. The number of rotatable bonds is 18. The SMILES string of the molecule is CCC(C)CC(C)CC(C)CC(C)/C=C(C)/C=C(/CC(C)C(=O)OC(C(=O)OC(C)(C)C)C(C(=O)OC(C)(C)C)C(=O)OC(C)(C)C)C(=O)OC(C)(C)C. The summed E-state index contributed by atoms with van der Waals surface area (Å²) < 4.78 is 28.0. The normalized spacial score (nSPS) is 16.7. The van der Waals surface area contributed by atoms with Crippen molar-refractivity contribution in [3.8, 4) is 0 Å². The van der Waals surface area contributed by atoms with Crippen molar-refractivity contribution in [1.29, 1.82) is 0 Å². The van der Waals surface area contributed by atoms with Crippen molar-refractivity contribution in [2.45, 2.75) is 192 Å². The molecule has 10 heteroatoms. The molecule has 6 unspecified atom stereocenters. The molecule has 0 rings (SSSR count). The summed E-state index contributed by atoms with van der Waals surface area (Å²) in [6.07, 6.45) is 6.23. The van der Waals surface area contributed by atoms with E-state index in [9.17, 15) is 24.0 Å². The average Bonchev–Trinajstić information content (AvgIpc) is 2.91. The number of carbonyl (C=O) groups is 5.